The molecule has 0 amide bonds. The first-order chi connectivity index (χ1) is 9.48. The van der Waals surface area contributed by atoms with E-state index in [1.165, 1.54) is 0 Å². The normalized spacial score (nSPS) is 20.9. The van der Waals surface area contributed by atoms with Crippen LogP contribution >= 0.6 is 51.2 Å². The van der Waals surface area contributed by atoms with Crippen LogP contribution in [-0.2, 0) is 16.4 Å². The molecule has 2 heterocycles. The van der Waals surface area contributed by atoms with Gasteiger partial charge in [0, 0.05) is 27.3 Å². The molecule has 1 atom stereocenters. The van der Waals surface area contributed by atoms with Gasteiger partial charge >= 0.3 is 0 Å². The van der Waals surface area contributed by atoms with Gasteiger partial charge in [-0.2, -0.15) is 0 Å². The van der Waals surface area contributed by atoms with Crippen molar-refractivity contribution in [3.05, 3.63) is 20.8 Å². The Hall–Kier alpha value is 0.130. The van der Waals surface area contributed by atoms with Crippen molar-refractivity contribution in [2.45, 2.75) is 25.9 Å². The van der Waals surface area contributed by atoms with Crippen molar-refractivity contribution < 1.29 is 8.42 Å². The first-order valence-corrected chi connectivity index (χ1v) is 9.96. The lowest BCUT2D eigenvalue weighted by Gasteiger charge is -2.15. The summed E-state index contributed by atoms with van der Waals surface area (Å²) in [6.45, 7) is 3.33. The Bertz CT molecular complexity index is 589. The van der Waals surface area contributed by atoms with Gasteiger partial charge in [-0.3, -0.25) is 0 Å². The van der Waals surface area contributed by atoms with E-state index in [1.807, 2.05) is 18.4 Å². The molecule has 1 aliphatic rings. The fourth-order valence-corrected chi connectivity index (χ4v) is 5.06. The van der Waals surface area contributed by atoms with Crippen molar-refractivity contribution in [3.63, 3.8) is 0 Å². The molecular weight excluding hydrogens is 489 g/mol. The number of rotatable bonds is 4. The van der Waals surface area contributed by atoms with Crippen LogP contribution in [0.15, 0.2) is 20.9 Å². The van der Waals surface area contributed by atoms with E-state index in [0.29, 0.717) is 18.9 Å². The fraction of sp³-hybridized carbons (Fsp3) is 0.583. The summed E-state index contributed by atoms with van der Waals surface area (Å²) in [6, 6.07) is 2.01. The molecule has 1 unspecified atom stereocenters. The number of halogens is 2. The second kappa shape index (κ2) is 8.68. The maximum Gasteiger partial charge on any atom is 0.191 e. The van der Waals surface area contributed by atoms with Crippen LogP contribution in [0.2, 0.25) is 0 Å². The summed E-state index contributed by atoms with van der Waals surface area (Å²) in [6.07, 6.45) is 0.650. The zero-order valence-corrected chi connectivity index (χ0v) is 17.2. The molecule has 0 saturated carbocycles. The Morgan fingerprint density at radius 3 is 2.86 bits per heavy atom. The van der Waals surface area contributed by atoms with E-state index in [0.717, 1.165) is 15.9 Å². The first-order valence-electron chi connectivity index (χ1n) is 6.46. The molecule has 1 aromatic rings. The maximum absolute atomic E-state index is 11.5. The average molecular weight is 508 g/mol. The molecule has 2 N–H and O–H groups in total. The molecule has 1 aromatic heterocycles. The van der Waals surface area contributed by atoms with Gasteiger partial charge in [-0.05, 0) is 35.3 Å². The summed E-state index contributed by atoms with van der Waals surface area (Å²) >= 11 is 5.06. The van der Waals surface area contributed by atoms with Crippen molar-refractivity contribution in [2.24, 2.45) is 4.99 Å². The van der Waals surface area contributed by atoms with Crippen LogP contribution in [0.25, 0.3) is 0 Å². The Morgan fingerprint density at radius 2 is 2.33 bits per heavy atom. The molecule has 0 aromatic carbocycles. The zero-order chi connectivity index (χ0) is 14.6. The van der Waals surface area contributed by atoms with Crippen LogP contribution in [0.1, 0.15) is 18.2 Å². The highest BCUT2D eigenvalue weighted by molar-refractivity contribution is 14.0. The van der Waals surface area contributed by atoms with Crippen LogP contribution in [0.4, 0.5) is 0 Å². The number of aliphatic imine (C=N–C) groups is 1. The SMILES string of the molecule is CCNC(=NCc1cc(Br)cs1)NC1CCS(=O)(=O)C1.I. The van der Waals surface area contributed by atoms with Crippen molar-refractivity contribution in [1.82, 2.24) is 10.6 Å². The van der Waals surface area contributed by atoms with E-state index in [4.69, 9.17) is 0 Å². The maximum atomic E-state index is 11.5. The van der Waals surface area contributed by atoms with E-state index in [2.05, 4.69) is 31.6 Å². The van der Waals surface area contributed by atoms with Gasteiger partial charge in [-0.25, -0.2) is 13.4 Å². The molecule has 5 nitrogen and oxygen atoms in total. The van der Waals surface area contributed by atoms with E-state index < -0.39 is 9.84 Å². The zero-order valence-electron chi connectivity index (χ0n) is 11.6. The van der Waals surface area contributed by atoms with Crippen LogP contribution < -0.4 is 10.6 Å². The minimum absolute atomic E-state index is 0. The first kappa shape index (κ1) is 19.2. The van der Waals surface area contributed by atoms with Gasteiger partial charge in [0.1, 0.15) is 0 Å². The highest BCUT2D eigenvalue weighted by Gasteiger charge is 2.28. The lowest BCUT2D eigenvalue weighted by molar-refractivity contribution is 0.599. The molecule has 1 saturated heterocycles. The lowest BCUT2D eigenvalue weighted by atomic mass is 10.3. The minimum atomic E-state index is -2.87. The molecule has 120 valence electrons. The molecular formula is C12H19BrIN3O2S2. The summed E-state index contributed by atoms with van der Waals surface area (Å²) in [4.78, 5) is 5.66. The molecule has 0 aliphatic carbocycles. The largest absolute Gasteiger partial charge is 0.357 e. The summed E-state index contributed by atoms with van der Waals surface area (Å²) in [5, 5.41) is 8.38. The predicted molar refractivity (Wildman–Crippen MR) is 102 cm³/mol. The summed E-state index contributed by atoms with van der Waals surface area (Å²) in [5.74, 6) is 1.14. The third-order valence-electron chi connectivity index (χ3n) is 2.93. The predicted octanol–water partition coefficient (Wildman–Crippen LogP) is 2.37. The highest BCUT2D eigenvalue weighted by atomic mass is 127. The number of hydrogen-bond donors (Lipinski definition) is 2. The van der Waals surface area contributed by atoms with Crippen LogP contribution in [-0.4, -0.2) is 38.5 Å². The molecule has 21 heavy (non-hydrogen) atoms. The number of hydrogen-bond acceptors (Lipinski definition) is 4. The Morgan fingerprint density at radius 1 is 1.57 bits per heavy atom. The van der Waals surface area contributed by atoms with Gasteiger partial charge in [-0.1, -0.05) is 0 Å². The summed E-state index contributed by atoms with van der Waals surface area (Å²) < 4.78 is 24.0. The van der Waals surface area contributed by atoms with Crippen LogP contribution in [0.3, 0.4) is 0 Å². The number of nitrogens with one attached hydrogen (secondary N) is 2. The van der Waals surface area contributed by atoms with Crippen molar-refractivity contribution in [1.29, 1.82) is 0 Å². The summed E-state index contributed by atoms with van der Waals surface area (Å²) in [5.41, 5.74) is 0. The molecule has 0 radical (unpaired) electrons. The van der Waals surface area contributed by atoms with Crippen molar-refractivity contribution in [3.8, 4) is 0 Å². The molecule has 9 heteroatoms. The Kier molecular flexibility index (Phi) is 7.93. The highest BCUT2D eigenvalue weighted by Crippen LogP contribution is 2.20. The van der Waals surface area contributed by atoms with Gasteiger partial charge in [0.15, 0.2) is 15.8 Å². The average Bonchev–Trinajstić information content (AvgIpc) is 2.93. The Labute approximate surface area is 155 Å². The lowest BCUT2D eigenvalue weighted by Crippen LogP contribution is -2.44. The van der Waals surface area contributed by atoms with Gasteiger partial charge in [0.05, 0.1) is 18.1 Å². The number of nitrogens with zero attached hydrogens (tertiary/aromatic N) is 1. The quantitative estimate of drug-likeness (QED) is 0.373. The molecule has 1 fully saturated rings. The molecule has 2 rings (SSSR count). The van der Waals surface area contributed by atoms with Gasteiger partial charge in [0.25, 0.3) is 0 Å². The summed E-state index contributed by atoms with van der Waals surface area (Å²) in [7, 11) is -2.87. The number of guanidine groups is 1. The van der Waals surface area contributed by atoms with Crippen molar-refractivity contribution in [2.75, 3.05) is 18.1 Å². The monoisotopic (exact) mass is 507 g/mol. The van der Waals surface area contributed by atoms with E-state index in [9.17, 15) is 8.42 Å². The minimum Gasteiger partial charge on any atom is -0.357 e. The second-order valence-corrected chi connectivity index (χ2v) is 8.81. The van der Waals surface area contributed by atoms with E-state index >= 15 is 0 Å². The van der Waals surface area contributed by atoms with Gasteiger partial charge in [-0.15, -0.1) is 35.3 Å². The smallest absolute Gasteiger partial charge is 0.191 e. The van der Waals surface area contributed by atoms with Crippen LogP contribution in [0, 0.1) is 0 Å². The van der Waals surface area contributed by atoms with E-state index in [1.54, 1.807) is 11.3 Å². The number of sulfone groups is 1. The van der Waals surface area contributed by atoms with Crippen LogP contribution in [0.5, 0.6) is 0 Å². The van der Waals surface area contributed by atoms with E-state index in [-0.39, 0.29) is 41.5 Å². The third-order valence-corrected chi connectivity index (χ3v) is 6.38. The van der Waals surface area contributed by atoms with Gasteiger partial charge < -0.3 is 10.6 Å². The molecule has 0 spiro atoms. The van der Waals surface area contributed by atoms with Gasteiger partial charge in [0.2, 0.25) is 0 Å². The third kappa shape index (κ3) is 6.41. The van der Waals surface area contributed by atoms with Crippen molar-refractivity contribution >= 4 is 67.0 Å². The fourth-order valence-electron chi connectivity index (χ4n) is 2.02. The molecule has 1 aliphatic heterocycles. The molecule has 0 bridgehead atoms. The topological polar surface area (TPSA) is 70.6 Å². The standard InChI is InChI=1S/C12H18BrN3O2S2.HI/c1-2-14-12(15-6-11-5-9(13)7-19-11)16-10-3-4-20(17,18)8-10;/h5,7,10H,2-4,6,8H2,1H3,(H2,14,15,16);1H. The number of thiophene rings is 1. The second-order valence-electron chi connectivity index (χ2n) is 4.67. The Balaban J connectivity index is 0.00000220.